The first-order chi connectivity index (χ1) is 9.54. The van der Waals surface area contributed by atoms with Crippen molar-refractivity contribution in [3.05, 3.63) is 52.0 Å². The van der Waals surface area contributed by atoms with Crippen molar-refractivity contribution in [3.8, 4) is 0 Å². The summed E-state index contributed by atoms with van der Waals surface area (Å²) in [6, 6.07) is 8.06. The van der Waals surface area contributed by atoms with E-state index in [-0.39, 0.29) is 10.2 Å². The Labute approximate surface area is 126 Å². The highest BCUT2D eigenvalue weighted by Crippen LogP contribution is 2.32. The normalized spacial score (nSPS) is 11.0. The third kappa shape index (κ3) is 2.41. The van der Waals surface area contributed by atoms with Crippen molar-refractivity contribution in [2.24, 2.45) is 0 Å². The summed E-state index contributed by atoms with van der Waals surface area (Å²) in [7, 11) is 0. The summed E-state index contributed by atoms with van der Waals surface area (Å²) in [6.45, 7) is 1.96. The van der Waals surface area contributed by atoms with Gasteiger partial charge in [0.05, 0.1) is 20.4 Å². The predicted octanol–water partition coefficient (Wildman–Crippen LogP) is 5.39. The van der Waals surface area contributed by atoms with Gasteiger partial charge in [0.15, 0.2) is 5.13 Å². The number of halogens is 3. The van der Waals surface area contributed by atoms with E-state index in [0.717, 1.165) is 27.9 Å². The molecular weight excluding hydrogens is 346 g/mol. The number of hydrogen-bond acceptors (Lipinski definition) is 3. The van der Waals surface area contributed by atoms with Gasteiger partial charge in [-0.25, -0.2) is 13.8 Å². The number of aromatic nitrogens is 1. The first-order valence-electron chi connectivity index (χ1n) is 5.82. The van der Waals surface area contributed by atoms with Gasteiger partial charge in [0.2, 0.25) is 0 Å². The van der Waals surface area contributed by atoms with Crippen LogP contribution in [0.2, 0.25) is 0 Å². The average molecular weight is 355 g/mol. The molecule has 0 amide bonds. The van der Waals surface area contributed by atoms with Crippen molar-refractivity contribution < 1.29 is 8.78 Å². The maximum Gasteiger partial charge on any atom is 0.188 e. The zero-order valence-electron chi connectivity index (χ0n) is 10.4. The van der Waals surface area contributed by atoms with E-state index >= 15 is 0 Å². The fraction of sp³-hybridized carbons (Fsp3) is 0.0714. The van der Waals surface area contributed by atoms with Crippen LogP contribution in [0.15, 0.2) is 34.8 Å². The second kappa shape index (κ2) is 5.10. The summed E-state index contributed by atoms with van der Waals surface area (Å²) in [5, 5.41) is 3.37. The maximum atomic E-state index is 13.8. The van der Waals surface area contributed by atoms with Crippen molar-refractivity contribution >= 4 is 48.3 Å². The first-order valence-corrected chi connectivity index (χ1v) is 7.43. The number of aryl methyl sites for hydroxylation is 1. The van der Waals surface area contributed by atoms with E-state index in [1.54, 1.807) is 0 Å². The minimum Gasteiger partial charge on any atom is -0.329 e. The summed E-state index contributed by atoms with van der Waals surface area (Å²) < 4.78 is 28.3. The fourth-order valence-corrected chi connectivity index (χ4v) is 3.14. The molecule has 0 saturated heterocycles. The van der Waals surface area contributed by atoms with E-state index in [1.807, 2.05) is 25.1 Å². The number of nitrogens with zero attached hydrogens (tertiary/aromatic N) is 1. The maximum absolute atomic E-state index is 13.8. The van der Waals surface area contributed by atoms with Crippen LogP contribution in [0.3, 0.4) is 0 Å². The lowest BCUT2D eigenvalue weighted by Crippen LogP contribution is -1.95. The molecular formula is C14H9BrF2N2S. The lowest BCUT2D eigenvalue weighted by molar-refractivity contribution is 0.598. The van der Waals surface area contributed by atoms with E-state index in [2.05, 4.69) is 26.2 Å². The Bertz CT molecular complexity index is 801. The lowest BCUT2D eigenvalue weighted by atomic mass is 10.2. The van der Waals surface area contributed by atoms with Gasteiger partial charge in [-0.3, -0.25) is 0 Å². The van der Waals surface area contributed by atoms with Crippen molar-refractivity contribution in [1.29, 1.82) is 0 Å². The van der Waals surface area contributed by atoms with Gasteiger partial charge in [-0.2, -0.15) is 0 Å². The van der Waals surface area contributed by atoms with Crippen LogP contribution < -0.4 is 5.32 Å². The molecule has 0 fully saturated rings. The lowest BCUT2D eigenvalue weighted by Gasteiger charge is -2.05. The molecule has 0 atom stereocenters. The quantitative estimate of drug-likeness (QED) is 0.624. The summed E-state index contributed by atoms with van der Waals surface area (Å²) in [4.78, 5) is 4.41. The van der Waals surface area contributed by atoms with E-state index in [4.69, 9.17) is 0 Å². The number of rotatable bonds is 2. The molecule has 20 heavy (non-hydrogen) atoms. The van der Waals surface area contributed by atoms with Gasteiger partial charge >= 0.3 is 0 Å². The molecule has 2 aromatic carbocycles. The van der Waals surface area contributed by atoms with Crippen molar-refractivity contribution in [2.45, 2.75) is 6.92 Å². The van der Waals surface area contributed by atoms with Crippen LogP contribution in [0.1, 0.15) is 5.56 Å². The molecule has 0 saturated carbocycles. The zero-order chi connectivity index (χ0) is 14.3. The Morgan fingerprint density at radius 3 is 2.75 bits per heavy atom. The molecule has 0 aliphatic carbocycles. The number of hydrogen-bond donors (Lipinski definition) is 1. The molecule has 1 heterocycles. The van der Waals surface area contributed by atoms with Gasteiger partial charge in [0, 0.05) is 6.07 Å². The topological polar surface area (TPSA) is 24.9 Å². The molecule has 1 aromatic heterocycles. The van der Waals surface area contributed by atoms with Crippen molar-refractivity contribution in [3.63, 3.8) is 0 Å². The van der Waals surface area contributed by atoms with Crippen LogP contribution in [-0.2, 0) is 0 Å². The third-order valence-corrected chi connectivity index (χ3v) is 4.42. The highest BCUT2D eigenvalue weighted by atomic mass is 79.9. The molecule has 102 valence electrons. The Hall–Kier alpha value is -1.53. The minimum absolute atomic E-state index is 0.0717. The summed E-state index contributed by atoms with van der Waals surface area (Å²) in [5.41, 5.74) is 2.00. The van der Waals surface area contributed by atoms with E-state index in [9.17, 15) is 8.78 Å². The predicted molar refractivity (Wildman–Crippen MR) is 81.7 cm³/mol. The molecule has 0 aliphatic rings. The number of fused-ring (bicyclic) bond motifs is 1. The van der Waals surface area contributed by atoms with Gasteiger partial charge in [-0.05, 0) is 40.5 Å². The Morgan fingerprint density at radius 1 is 1.20 bits per heavy atom. The van der Waals surface area contributed by atoms with Crippen LogP contribution in [0, 0.1) is 18.6 Å². The SMILES string of the molecule is Cc1cccc2sc(Nc3cc(F)c(Br)cc3F)nc12. The minimum atomic E-state index is -0.533. The Morgan fingerprint density at radius 2 is 2.00 bits per heavy atom. The van der Waals surface area contributed by atoms with Crippen LogP contribution in [0.25, 0.3) is 10.2 Å². The molecule has 6 heteroatoms. The number of benzene rings is 2. The van der Waals surface area contributed by atoms with E-state index in [1.165, 1.54) is 11.3 Å². The number of anilines is 2. The average Bonchev–Trinajstić information content (AvgIpc) is 2.80. The number of para-hydroxylation sites is 1. The Kier molecular flexibility index (Phi) is 3.43. The van der Waals surface area contributed by atoms with E-state index < -0.39 is 11.6 Å². The summed E-state index contributed by atoms with van der Waals surface area (Å²) in [5.74, 6) is -1.06. The first kappa shape index (κ1) is 13.5. The molecule has 0 spiro atoms. The zero-order valence-corrected chi connectivity index (χ0v) is 12.8. The molecule has 0 bridgehead atoms. The molecule has 1 N–H and O–H groups in total. The highest BCUT2D eigenvalue weighted by molar-refractivity contribution is 9.10. The van der Waals surface area contributed by atoms with Crippen LogP contribution in [0.4, 0.5) is 19.6 Å². The monoisotopic (exact) mass is 354 g/mol. The van der Waals surface area contributed by atoms with Crippen LogP contribution in [-0.4, -0.2) is 4.98 Å². The van der Waals surface area contributed by atoms with Gasteiger partial charge in [-0.15, -0.1) is 0 Å². The van der Waals surface area contributed by atoms with Crippen molar-refractivity contribution in [2.75, 3.05) is 5.32 Å². The van der Waals surface area contributed by atoms with Gasteiger partial charge in [0.1, 0.15) is 11.6 Å². The highest BCUT2D eigenvalue weighted by Gasteiger charge is 2.11. The second-order valence-corrected chi connectivity index (χ2v) is 6.20. The number of nitrogens with one attached hydrogen (secondary N) is 1. The van der Waals surface area contributed by atoms with Gasteiger partial charge < -0.3 is 5.32 Å². The smallest absolute Gasteiger partial charge is 0.188 e. The molecule has 2 nitrogen and oxygen atoms in total. The number of thiazole rings is 1. The molecule has 0 aliphatic heterocycles. The van der Waals surface area contributed by atoms with Gasteiger partial charge in [-0.1, -0.05) is 23.5 Å². The van der Waals surface area contributed by atoms with Gasteiger partial charge in [0.25, 0.3) is 0 Å². The van der Waals surface area contributed by atoms with Crippen LogP contribution in [0.5, 0.6) is 0 Å². The summed E-state index contributed by atoms with van der Waals surface area (Å²) >= 11 is 4.35. The molecule has 0 unspecified atom stereocenters. The fourth-order valence-electron chi connectivity index (χ4n) is 1.87. The molecule has 3 aromatic rings. The second-order valence-electron chi connectivity index (χ2n) is 4.31. The van der Waals surface area contributed by atoms with Crippen LogP contribution >= 0.6 is 27.3 Å². The third-order valence-electron chi connectivity index (χ3n) is 2.87. The standard InChI is InChI=1S/C14H9BrF2N2S/c1-7-3-2-4-12-13(7)19-14(20-12)18-11-6-9(16)8(15)5-10(11)17/h2-6H,1H3,(H,18,19). The molecule has 0 radical (unpaired) electrons. The largest absolute Gasteiger partial charge is 0.329 e. The van der Waals surface area contributed by atoms with E-state index in [0.29, 0.717) is 5.13 Å². The summed E-state index contributed by atoms with van der Waals surface area (Å²) in [6.07, 6.45) is 0. The Balaban J connectivity index is 2.01. The molecule has 3 rings (SSSR count). The van der Waals surface area contributed by atoms with Crippen molar-refractivity contribution in [1.82, 2.24) is 4.98 Å².